The van der Waals surface area contributed by atoms with Gasteiger partial charge in [-0.2, -0.15) is 0 Å². The largest absolute Gasteiger partial charge is 0.489 e. The molecular weight excluding hydrogens is 298 g/mol. The second kappa shape index (κ2) is 8.74. The Morgan fingerprint density at radius 2 is 1.71 bits per heavy atom. The Balaban J connectivity index is 1.82. The van der Waals surface area contributed by atoms with Crippen molar-refractivity contribution < 1.29 is 9.47 Å². The fraction of sp³-hybridized carbons (Fsp3) is 0.429. The average molecular weight is 327 g/mol. The molecule has 0 spiro atoms. The number of anilines is 1. The molecule has 0 fully saturated rings. The molecule has 0 bridgehead atoms. The monoisotopic (exact) mass is 327 g/mol. The number of likely N-dealkylation sites (N-methyl/N-ethyl adjacent to an activating group) is 1. The van der Waals surface area contributed by atoms with Crippen molar-refractivity contribution in [1.29, 1.82) is 0 Å². The van der Waals surface area contributed by atoms with Crippen molar-refractivity contribution in [3.8, 4) is 5.75 Å². The number of nitrogens with zero attached hydrogens (tertiary/aromatic N) is 1. The third-order valence-electron chi connectivity index (χ3n) is 3.61. The molecule has 3 heteroatoms. The van der Waals surface area contributed by atoms with Crippen LogP contribution in [0.2, 0.25) is 0 Å². The highest BCUT2D eigenvalue weighted by Gasteiger charge is 2.10. The van der Waals surface area contributed by atoms with Crippen molar-refractivity contribution in [3.63, 3.8) is 0 Å². The molecule has 3 nitrogen and oxygen atoms in total. The van der Waals surface area contributed by atoms with E-state index in [1.807, 2.05) is 30.3 Å². The summed E-state index contributed by atoms with van der Waals surface area (Å²) in [5.41, 5.74) is 2.52. The van der Waals surface area contributed by atoms with E-state index in [4.69, 9.17) is 9.47 Å². The molecule has 2 rings (SSSR count). The highest BCUT2D eigenvalue weighted by Crippen LogP contribution is 2.21. The third-order valence-corrected chi connectivity index (χ3v) is 3.61. The molecule has 0 unspecified atom stereocenters. The molecule has 0 N–H and O–H groups in total. The Kier molecular flexibility index (Phi) is 6.68. The molecule has 0 amide bonds. The number of rotatable bonds is 8. The van der Waals surface area contributed by atoms with Crippen LogP contribution in [0, 0.1) is 5.41 Å². The van der Waals surface area contributed by atoms with Crippen LogP contribution in [0.1, 0.15) is 26.3 Å². The fourth-order valence-electron chi connectivity index (χ4n) is 2.26. The normalized spacial score (nSPS) is 11.3. The van der Waals surface area contributed by atoms with Crippen LogP contribution < -0.4 is 9.64 Å². The summed E-state index contributed by atoms with van der Waals surface area (Å²) < 4.78 is 11.6. The maximum atomic E-state index is 5.90. The highest BCUT2D eigenvalue weighted by atomic mass is 16.5. The lowest BCUT2D eigenvalue weighted by molar-refractivity contribution is 0.0761. The van der Waals surface area contributed by atoms with Crippen molar-refractivity contribution in [3.05, 3.63) is 60.2 Å². The number of hydrogen-bond acceptors (Lipinski definition) is 3. The standard InChI is InChI=1S/C21H29NO2/c1-21(2,3)17-23-14-13-22(4)19-11-8-12-20(15-19)24-16-18-9-6-5-7-10-18/h5-12,15H,13-14,16-17H2,1-4H3. The molecule has 0 atom stereocenters. The van der Waals surface area contributed by atoms with Crippen LogP contribution in [0.3, 0.4) is 0 Å². The lowest BCUT2D eigenvalue weighted by atomic mass is 9.99. The van der Waals surface area contributed by atoms with E-state index in [0.29, 0.717) is 6.61 Å². The molecule has 0 aliphatic heterocycles. The topological polar surface area (TPSA) is 21.7 Å². The van der Waals surface area contributed by atoms with Gasteiger partial charge in [-0.15, -0.1) is 0 Å². The molecular formula is C21H29NO2. The van der Waals surface area contributed by atoms with Gasteiger partial charge in [-0.3, -0.25) is 0 Å². The summed E-state index contributed by atoms with van der Waals surface area (Å²) in [5, 5.41) is 0. The Bertz CT molecular complexity index is 605. The minimum atomic E-state index is 0.212. The molecule has 2 aromatic carbocycles. The summed E-state index contributed by atoms with van der Waals surface area (Å²) in [7, 11) is 2.08. The summed E-state index contributed by atoms with van der Waals surface area (Å²) >= 11 is 0. The van der Waals surface area contributed by atoms with E-state index in [1.165, 1.54) is 5.56 Å². The number of ether oxygens (including phenoxy) is 2. The first-order valence-electron chi connectivity index (χ1n) is 8.50. The molecule has 0 radical (unpaired) electrons. The van der Waals surface area contributed by atoms with Crippen LogP contribution in [0.25, 0.3) is 0 Å². The highest BCUT2D eigenvalue weighted by molar-refractivity contribution is 5.50. The molecule has 130 valence electrons. The van der Waals surface area contributed by atoms with E-state index < -0.39 is 0 Å². The van der Waals surface area contributed by atoms with Crippen LogP contribution in [0.4, 0.5) is 5.69 Å². The third kappa shape index (κ3) is 6.63. The van der Waals surface area contributed by atoms with Crippen molar-refractivity contribution in [2.45, 2.75) is 27.4 Å². The van der Waals surface area contributed by atoms with Gasteiger partial charge < -0.3 is 14.4 Å². The lowest BCUT2D eigenvalue weighted by Crippen LogP contribution is -2.24. The lowest BCUT2D eigenvalue weighted by Gasteiger charge is -2.22. The van der Waals surface area contributed by atoms with Crippen LogP contribution in [-0.2, 0) is 11.3 Å². The molecule has 24 heavy (non-hydrogen) atoms. The van der Waals surface area contributed by atoms with Crippen molar-refractivity contribution >= 4 is 5.69 Å². The van der Waals surface area contributed by atoms with Crippen LogP contribution in [-0.4, -0.2) is 26.8 Å². The maximum Gasteiger partial charge on any atom is 0.121 e. The van der Waals surface area contributed by atoms with Crippen molar-refractivity contribution in [1.82, 2.24) is 0 Å². The van der Waals surface area contributed by atoms with Gasteiger partial charge in [0.2, 0.25) is 0 Å². The zero-order valence-corrected chi connectivity index (χ0v) is 15.3. The summed E-state index contributed by atoms with van der Waals surface area (Å²) in [4.78, 5) is 2.19. The van der Waals surface area contributed by atoms with E-state index in [0.717, 1.165) is 31.2 Å². The van der Waals surface area contributed by atoms with Crippen LogP contribution in [0.15, 0.2) is 54.6 Å². The molecule has 0 aliphatic rings. The van der Waals surface area contributed by atoms with E-state index in [1.54, 1.807) is 0 Å². The van der Waals surface area contributed by atoms with Gasteiger partial charge in [0.25, 0.3) is 0 Å². The molecule has 0 aromatic heterocycles. The van der Waals surface area contributed by atoms with E-state index in [9.17, 15) is 0 Å². The van der Waals surface area contributed by atoms with Crippen molar-refractivity contribution in [2.24, 2.45) is 5.41 Å². The predicted molar refractivity (Wildman–Crippen MR) is 101 cm³/mol. The van der Waals surface area contributed by atoms with E-state index >= 15 is 0 Å². The summed E-state index contributed by atoms with van der Waals surface area (Å²) in [5.74, 6) is 0.888. The van der Waals surface area contributed by atoms with Gasteiger partial charge in [-0.25, -0.2) is 0 Å². The smallest absolute Gasteiger partial charge is 0.121 e. The van der Waals surface area contributed by atoms with Crippen LogP contribution in [0.5, 0.6) is 5.75 Å². The van der Waals surface area contributed by atoms with Gasteiger partial charge in [0.15, 0.2) is 0 Å². The SMILES string of the molecule is CN(CCOCC(C)(C)C)c1cccc(OCc2ccccc2)c1. The minimum Gasteiger partial charge on any atom is -0.489 e. The zero-order valence-electron chi connectivity index (χ0n) is 15.3. The average Bonchev–Trinajstić information content (AvgIpc) is 2.57. The fourth-order valence-corrected chi connectivity index (χ4v) is 2.26. The van der Waals surface area contributed by atoms with Gasteiger partial charge in [0.1, 0.15) is 12.4 Å². The van der Waals surface area contributed by atoms with Gasteiger partial charge in [0.05, 0.1) is 13.2 Å². The van der Waals surface area contributed by atoms with Gasteiger partial charge in [0, 0.05) is 25.3 Å². The first-order valence-corrected chi connectivity index (χ1v) is 8.50. The summed E-state index contributed by atoms with van der Waals surface area (Å²) in [6.45, 7) is 9.50. The summed E-state index contributed by atoms with van der Waals surface area (Å²) in [6.07, 6.45) is 0. The Morgan fingerprint density at radius 3 is 2.42 bits per heavy atom. The maximum absolute atomic E-state index is 5.90. The summed E-state index contributed by atoms with van der Waals surface area (Å²) in [6, 6.07) is 18.4. The van der Waals surface area contributed by atoms with E-state index in [-0.39, 0.29) is 5.41 Å². The molecule has 0 saturated heterocycles. The zero-order chi connectivity index (χ0) is 17.4. The number of benzene rings is 2. The Labute approximate surface area is 146 Å². The molecule has 2 aromatic rings. The van der Waals surface area contributed by atoms with Crippen LogP contribution >= 0.6 is 0 Å². The molecule has 0 aliphatic carbocycles. The first-order chi connectivity index (χ1) is 11.4. The second-order valence-electron chi connectivity index (χ2n) is 7.31. The second-order valence-corrected chi connectivity index (χ2v) is 7.31. The number of hydrogen-bond donors (Lipinski definition) is 0. The van der Waals surface area contributed by atoms with Crippen molar-refractivity contribution in [2.75, 3.05) is 31.7 Å². The van der Waals surface area contributed by atoms with Gasteiger partial charge in [-0.05, 0) is 23.1 Å². The molecule has 0 saturated carbocycles. The minimum absolute atomic E-state index is 0.212. The Hall–Kier alpha value is -2.00. The Morgan fingerprint density at radius 1 is 0.958 bits per heavy atom. The molecule has 0 heterocycles. The van der Waals surface area contributed by atoms with Gasteiger partial charge in [-0.1, -0.05) is 57.2 Å². The predicted octanol–water partition coefficient (Wildman–Crippen LogP) is 4.76. The first kappa shape index (κ1) is 18.3. The quantitative estimate of drug-likeness (QED) is 0.652. The van der Waals surface area contributed by atoms with E-state index in [2.05, 4.69) is 57.0 Å². The van der Waals surface area contributed by atoms with Gasteiger partial charge >= 0.3 is 0 Å².